The fourth-order valence-corrected chi connectivity index (χ4v) is 5.37. The molecule has 1 unspecified atom stereocenters. The van der Waals surface area contributed by atoms with Crippen LogP contribution in [0.5, 0.6) is 0 Å². The van der Waals surface area contributed by atoms with Gasteiger partial charge in [0.1, 0.15) is 6.61 Å². The maximum atomic E-state index is 13.5. The Morgan fingerprint density at radius 2 is 2.06 bits per heavy atom. The molecule has 2 aliphatic heterocycles. The molecule has 6 nitrogen and oxygen atoms in total. The maximum absolute atomic E-state index is 13.5. The van der Waals surface area contributed by atoms with Crippen LogP contribution < -0.4 is 4.90 Å². The maximum Gasteiger partial charge on any atom is 0.416 e. The summed E-state index contributed by atoms with van der Waals surface area (Å²) in [5.74, 6) is -0.196. The molecule has 4 heterocycles. The van der Waals surface area contributed by atoms with Crippen molar-refractivity contribution in [1.82, 2.24) is 9.88 Å². The Morgan fingerprint density at radius 1 is 1.22 bits per heavy atom. The molecule has 0 spiro atoms. The van der Waals surface area contributed by atoms with Crippen molar-refractivity contribution in [3.05, 3.63) is 81.8 Å². The Labute approximate surface area is 191 Å². The van der Waals surface area contributed by atoms with Gasteiger partial charge in [0.25, 0.3) is 0 Å². The number of hydrogen-bond donors (Lipinski definition) is 0. The Hall–Kier alpha value is -3.19. The molecule has 2 aromatic heterocycles. The predicted molar refractivity (Wildman–Crippen MR) is 124 cm³/mol. The second-order valence-electron chi connectivity index (χ2n) is 8.32. The van der Waals surface area contributed by atoms with E-state index in [9.17, 15) is 9.59 Å². The lowest BCUT2D eigenvalue weighted by molar-refractivity contribution is -0.129. The highest BCUT2D eigenvalue weighted by Gasteiger charge is 2.40. The predicted octanol–water partition coefficient (Wildman–Crippen LogP) is 4.54. The average Bonchev–Trinajstić information content (AvgIpc) is 3.53. The van der Waals surface area contributed by atoms with Crippen LogP contribution in [0, 0.1) is 6.92 Å². The van der Waals surface area contributed by atoms with E-state index in [-0.39, 0.29) is 31.0 Å². The molecule has 1 saturated heterocycles. The van der Waals surface area contributed by atoms with Gasteiger partial charge in [-0.05, 0) is 53.4 Å². The number of aryl methyl sites for hydroxylation is 1. The topological polar surface area (TPSA) is 62.7 Å². The number of hydrogen-bond acceptors (Lipinski definition) is 6. The molecule has 3 aromatic rings. The molecule has 0 radical (unpaired) electrons. The van der Waals surface area contributed by atoms with E-state index in [1.165, 1.54) is 4.90 Å². The lowest BCUT2D eigenvalue weighted by Crippen LogP contribution is -2.42. The zero-order valence-electron chi connectivity index (χ0n) is 17.9. The van der Waals surface area contributed by atoms with E-state index in [2.05, 4.69) is 27.4 Å². The summed E-state index contributed by atoms with van der Waals surface area (Å²) in [7, 11) is 0. The first-order chi connectivity index (χ1) is 15.6. The van der Waals surface area contributed by atoms with Crippen molar-refractivity contribution in [3.8, 4) is 0 Å². The molecule has 5 rings (SSSR count). The van der Waals surface area contributed by atoms with Gasteiger partial charge in [-0.15, -0.1) is 0 Å². The SMILES string of the molecule is Cc1ccc2c(n1)CCN2C(CC(=O)N1C(=O)OC[C@@H]1Cc1ccccc1)c1ccsc1. The van der Waals surface area contributed by atoms with Crippen molar-refractivity contribution in [1.29, 1.82) is 0 Å². The van der Waals surface area contributed by atoms with Gasteiger partial charge in [0.05, 0.1) is 29.9 Å². The van der Waals surface area contributed by atoms with Gasteiger partial charge in [-0.25, -0.2) is 9.69 Å². The number of imide groups is 1. The summed E-state index contributed by atoms with van der Waals surface area (Å²) < 4.78 is 5.28. The Balaban J connectivity index is 1.39. The lowest BCUT2D eigenvalue weighted by Gasteiger charge is -2.31. The monoisotopic (exact) mass is 447 g/mol. The van der Waals surface area contributed by atoms with Crippen LogP contribution in [0.1, 0.15) is 35.0 Å². The zero-order valence-corrected chi connectivity index (χ0v) is 18.8. The summed E-state index contributed by atoms with van der Waals surface area (Å²) in [5, 5.41) is 4.11. The number of anilines is 1. The molecule has 2 aliphatic rings. The molecule has 7 heteroatoms. The second kappa shape index (κ2) is 8.74. The molecule has 2 atom stereocenters. The van der Waals surface area contributed by atoms with E-state index in [4.69, 9.17) is 4.74 Å². The van der Waals surface area contributed by atoms with Gasteiger partial charge in [-0.3, -0.25) is 9.78 Å². The van der Waals surface area contributed by atoms with E-state index >= 15 is 0 Å². The fourth-order valence-electron chi connectivity index (χ4n) is 4.66. The molecule has 2 amide bonds. The second-order valence-corrected chi connectivity index (χ2v) is 9.10. The summed E-state index contributed by atoms with van der Waals surface area (Å²) >= 11 is 1.61. The Kier molecular flexibility index (Phi) is 5.66. The first-order valence-corrected chi connectivity index (χ1v) is 11.8. The fraction of sp³-hybridized carbons (Fsp3) is 0.320. The minimum Gasteiger partial charge on any atom is -0.447 e. The number of cyclic esters (lactones) is 1. The van der Waals surface area contributed by atoms with E-state index in [1.54, 1.807) is 11.3 Å². The number of nitrogens with zero attached hydrogens (tertiary/aromatic N) is 3. The van der Waals surface area contributed by atoms with Gasteiger partial charge in [0, 0.05) is 18.7 Å². The van der Waals surface area contributed by atoms with Crippen LogP contribution in [0.25, 0.3) is 0 Å². The van der Waals surface area contributed by atoms with Crippen molar-refractivity contribution < 1.29 is 14.3 Å². The number of fused-ring (bicyclic) bond motifs is 1. The van der Waals surface area contributed by atoms with E-state index in [0.717, 1.165) is 41.2 Å². The van der Waals surface area contributed by atoms with Gasteiger partial charge in [-0.1, -0.05) is 30.3 Å². The normalized spacial score (nSPS) is 18.5. The third kappa shape index (κ3) is 4.00. The molecule has 164 valence electrons. The molecule has 0 aliphatic carbocycles. The van der Waals surface area contributed by atoms with Crippen molar-refractivity contribution in [2.75, 3.05) is 18.1 Å². The largest absolute Gasteiger partial charge is 0.447 e. The van der Waals surface area contributed by atoms with Gasteiger partial charge < -0.3 is 9.64 Å². The number of ether oxygens (including phenoxy) is 1. The van der Waals surface area contributed by atoms with E-state index < -0.39 is 6.09 Å². The molecule has 1 fully saturated rings. The molecule has 0 N–H and O–H groups in total. The number of amides is 2. The number of carbonyl (C=O) groups is 2. The third-order valence-corrected chi connectivity index (χ3v) is 6.91. The number of rotatable bonds is 6. The van der Waals surface area contributed by atoms with Crippen LogP contribution in [0.15, 0.2) is 59.3 Å². The minimum atomic E-state index is -0.542. The average molecular weight is 448 g/mol. The molecule has 1 aromatic carbocycles. The summed E-state index contributed by atoms with van der Waals surface area (Å²) in [5.41, 5.74) is 5.31. The standard InChI is InChI=1S/C25H25N3O3S/c1-17-7-8-22-21(26-17)9-11-27(22)23(19-10-12-32-16-19)14-24(29)28-20(15-31-25(28)30)13-18-5-3-2-4-6-18/h2-8,10,12,16,20,23H,9,11,13-15H2,1H3/t20-,23?/m0/s1. The number of aromatic nitrogens is 1. The molecule has 0 saturated carbocycles. The number of carbonyl (C=O) groups excluding carboxylic acids is 2. The van der Waals surface area contributed by atoms with Crippen LogP contribution >= 0.6 is 11.3 Å². The van der Waals surface area contributed by atoms with Gasteiger partial charge in [-0.2, -0.15) is 11.3 Å². The highest BCUT2D eigenvalue weighted by molar-refractivity contribution is 7.08. The summed E-state index contributed by atoms with van der Waals surface area (Å²) in [6, 6.07) is 15.6. The third-order valence-electron chi connectivity index (χ3n) is 6.20. The Bertz CT molecular complexity index is 1120. The van der Waals surface area contributed by atoms with Gasteiger partial charge >= 0.3 is 6.09 Å². The van der Waals surface area contributed by atoms with Gasteiger partial charge in [0.15, 0.2) is 0 Å². The zero-order chi connectivity index (χ0) is 22.1. The van der Waals surface area contributed by atoms with Crippen molar-refractivity contribution in [3.63, 3.8) is 0 Å². The summed E-state index contributed by atoms with van der Waals surface area (Å²) in [6.45, 7) is 3.03. The van der Waals surface area contributed by atoms with E-state index in [0.29, 0.717) is 6.42 Å². The number of thiophene rings is 1. The van der Waals surface area contributed by atoms with Crippen LogP contribution in [0.2, 0.25) is 0 Å². The molecule has 0 bridgehead atoms. The van der Waals surface area contributed by atoms with Crippen molar-refractivity contribution in [2.24, 2.45) is 0 Å². The number of benzene rings is 1. The van der Waals surface area contributed by atoms with E-state index in [1.807, 2.05) is 48.7 Å². The lowest BCUT2D eigenvalue weighted by atomic mass is 10.0. The smallest absolute Gasteiger partial charge is 0.416 e. The molecular weight excluding hydrogens is 422 g/mol. The van der Waals surface area contributed by atoms with Crippen molar-refractivity contribution in [2.45, 2.75) is 38.3 Å². The molecule has 32 heavy (non-hydrogen) atoms. The molecular formula is C25H25N3O3S. The highest BCUT2D eigenvalue weighted by atomic mass is 32.1. The highest BCUT2D eigenvalue weighted by Crippen LogP contribution is 2.37. The quantitative estimate of drug-likeness (QED) is 0.555. The Morgan fingerprint density at radius 3 is 2.84 bits per heavy atom. The summed E-state index contributed by atoms with van der Waals surface area (Å²) in [6.07, 6.45) is 1.12. The van der Waals surface area contributed by atoms with Crippen LogP contribution in [0.4, 0.5) is 10.5 Å². The number of pyridine rings is 1. The van der Waals surface area contributed by atoms with Gasteiger partial charge in [0.2, 0.25) is 5.91 Å². The van der Waals surface area contributed by atoms with Crippen molar-refractivity contribution >= 4 is 29.0 Å². The van der Waals surface area contributed by atoms with Crippen LogP contribution in [0.3, 0.4) is 0 Å². The van der Waals surface area contributed by atoms with Crippen LogP contribution in [-0.4, -0.2) is 41.1 Å². The summed E-state index contributed by atoms with van der Waals surface area (Å²) in [4.78, 5) is 34.2. The van der Waals surface area contributed by atoms with Crippen LogP contribution in [-0.2, 0) is 22.4 Å². The first kappa shape index (κ1) is 20.7. The minimum absolute atomic E-state index is 0.148. The first-order valence-electron chi connectivity index (χ1n) is 10.9.